The van der Waals surface area contributed by atoms with Gasteiger partial charge in [0.15, 0.2) is 0 Å². The molecule has 1 N–H and O–H groups in total. The van der Waals surface area contributed by atoms with Crippen LogP contribution in [0, 0.1) is 5.92 Å². The van der Waals surface area contributed by atoms with Crippen molar-refractivity contribution in [1.29, 1.82) is 0 Å². The summed E-state index contributed by atoms with van der Waals surface area (Å²) in [4.78, 5) is 40.6. The maximum Gasteiger partial charge on any atom is 0.227 e. The molecule has 1 unspecified atom stereocenters. The molecule has 7 heteroatoms. The SMILES string of the molecule is O=C1CC(C(=O)N2CCC3(CC2)CN(CCCCc2ccccc2)C(=O)CCO3)CN1. The highest BCUT2D eigenvalue weighted by molar-refractivity contribution is 5.89. The summed E-state index contributed by atoms with van der Waals surface area (Å²) >= 11 is 0. The van der Waals surface area contributed by atoms with E-state index in [1.807, 2.05) is 15.9 Å². The maximum absolute atomic E-state index is 12.7. The van der Waals surface area contributed by atoms with Crippen molar-refractivity contribution in [2.75, 3.05) is 39.3 Å². The second-order valence-electron chi connectivity index (χ2n) is 9.07. The predicted molar refractivity (Wildman–Crippen MR) is 116 cm³/mol. The molecule has 1 aromatic carbocycles. The number of benzene rings is 1. The number of nitrogens with one attached hydrogen (secondary N) is 1. The summed E-state index contributed by atoms with van der Waals surface area (Å²) in [5, 5.41) is 2.74. The Bertz CT molecular complexity index is 789. The first-order valence-electron chi connectivity index (χ1n) is 11.6. The largest absolute Gasteiger partial charge is 0.372 e. The van der Waals surface area contributed by atoms with Gasteiger partial charge in [0.1, 0.15) is 0 Å². The van der Waals surface area contributed by atoms with Crippen LogP contribution in [0.5, 0.6) is 0 Å². The van der Waals surface area contributed by atoms with Crippen molar-refractivity contribution in [3.63, 3.8) is 0 Å². The predicted octanol–water partition coefficient (Wildman–Crippen LogP) is 1.76. The van der Waals surface area contributed by atoms with E-state index < -0.39 is 0 Å². The molecular formula is C24H33N3O4. The van der Waals surface area contributed by atoms with Crippen molar-refractivity contribution in [3.8, 4) is 0 Å². The van der Waals surface area contributed by atoms with Gasteiger partial charge < -0.3 is 19.9 Å². The minimum atomic E-state index is -0.355. The number of carbonyl (C=O) groups excluding carboxylic acids is 3. The second-order valence-corrected chi connectivity index (χ2v) is 9.07. The molecule has 4 rings (SSSR count). The zero-order valence-corrected chi connectivity index (χ0v) is 18.2. The highest BCUT2D eigenvalue weighted by atomic mass is 16.5. The molecule has 1 spiro atoms. The maximum atomic E-state index is 12.7. The van der Waals surface area contributed by atoms with Gasteiger partial charge >= 0.3 is 0 Å². The van der Waals surface area contributed by atoms with Gasteiger partial charge in [0, 0.05) is 39.1 Å². The Kier molecular flexibility index (Phi) is 6.90. The third kappa shape index (κ3) is 5.45. The van der Waals surface area contributed by atoms with Gasteiger partial charge in [0.05, 0.1) is 24.5 Å². The van der Waals surface area contributed by atoms with Gasteiger partial charge in [0.2, 0.25) is 17.7 Å². The molecule has 0 radical (unpaired) electrons. The number of piperidine rings is 1. The van der Waals surface area contributed by atoms with Crippen molar-refractivity contribution in [3.05, 3.63) is 35.9 Å². The Morgan fingerprint density at radius 3 is 2.61 bits per heavy atom. The van der Waals surface area contributed by atoms with Gasteiger partial charge in [-0.15, -0.1) is 0 Å². The first-order valence-corrected chi connectivity index (χ1v) is 11.6. The molecule has 0 bridgehead atoms. The molecule has 31 heavy (non-hydrogen) atoms. The van der Waals surface area contributed by atoms with Gasteiger partial charge in [-0.3, -0.25) is 14.4 Å². The lowest BCUT2D eigenvalue weighted by Gasteiger charge is -2.43. The molecule has 7 nitrogen and oxygen atoms in total. The van der Waals surface area contributed by atoms with E-state index in [1.54, 1.807) is 0 Å². The fourth-order valence-electron chi connectivity index (χ4n) is 4.95. The number of amides is 3. The summed E-state index contributed by atoms with van der Waals surface area (Å²) < 4.78 is 6.21. The lowest BCUT2D eigenvalue weighted by molar-refractivity contribution is -0.143. The first-order chi connectivity index (χ1) is 15.0. The van der Waals surface area contributed by atoms with Crippen LogP contribution in [0.2, 0.25) is 0 Å². The molecule has 1 atom stereocenters. The van der Waals surface area contributed by atoms with Gasteiger partial charge in [0.25, 0.3) is 0 Å². The molecule has 168 valence electrons. The summed E-state index contributed by atoms with van der Waals surface area (Å²) in [7, 11) is 0. The van der Waals surface area contributed by atoms with Crippen molar-refractivity contribution >= 4 is 17.7 Å². The topological polar surface area (TPSA) is 79.0 Å². The Morgan fingerprint density at radius 1 is 1.13 bits per heavy atom. The minimum Gasteiger partial charge on any atom is -0.372 e. The van der Waals surface area contributed by atoms with Gasteiger partial charge in [-0.25, -0.2) is 0 Å². The standard InChI is InChI=1S/C24H33N3O4/c28-21-16-20(17-25-21)23(30)26-13-10-24(11-14-26)18-27(22(29)9-15-31-24)12-5-4-8-19-6-2-1-3-7-19/h1-3,6-7,20H,4-5,8-18H2,(H,25,28). The number of likely N-dealkylation sites (tertiary alicyclic amines) is 1. The molecular weight excluding hydrogens is 394 g/mol. The Hall–Kier alpha value is -2.41. The van der Waals surface area contributed by atoms with E-state index in [-0.39, 0.29) is 29.2 Å². The molecule has 3 aliphatic rings. The van der Waals surface area contributed by atoms with E-state index in [9.17, 15) is 14.4 Å². The van der Waals surface area contributed by atoms with Crippen LogP contribution in [0.4, 0.5) is 0 Å². The van der Waals surface area contributed by atoms with Crippen LogP contribution in [0.15, 0.2) is 30.3 Å². The number of hydrogen-bond donors (Lipinski definition) is 1. The number of unbranched alkanes of at least 4 members (excludes halogenated alkanes) is 1. The Balaban J connectivity index is 1.28. The lowest BCUT2D eigenvalue weighted by Crippen LogP contribution is -2.54. The van der Waals surface area contributed by atoms with Crippen LogP contribution in [0.25, 0.3) is 0 Å². The number of rotatable bonds is 6. The van der Waals surface area contributed by atoms with Crippen LogP contribution >= 0.6 is 0 Å². The van der Waals surface area contributed by atoms with Crippen LogP contribution in [0.1, 0.15) is 44.1 Å². The summed E-state index contributed by atoms with van der Waals surface area (Å²) in [5.74, 6) is -0.0408. The zero-order chi connectivity index (χ0) is 21.7. The molecule has 0 aromatic heterocycles. The average molecular weight is 428 g/mol. The molecule has 1 aromatic rings. The molecule has 0 aliphatic carbocycles. The van der Waals surface area contributed by atoms with E-state index in [1.165, 1.54) is 5.56 Å². The average Bonchev–Trinajstić information content (AvgIpc) is 3.16. The van der Waals surface area contributed by atoms with Crippen LogP contribution in [0.3, 0.4) is 0 Å². The molecule has 0 saturated carbocycles. The fraction of sp³-hybridized carbons (Fsp3) is 0.625. The second kappa shape index (κ2) is 9.81. The third-order valence-corrected chi connectivity index (χ3v) is 6.86. The van der Waals surface area contributed by atoms with E-state index in [4.69, 9.17) is 4.74 Å². The van der Waals surface area contributed by atoms with Crippen molar-refractivity contribution in [2.24, 2.45) is 5.92 Å². The van der Waals surface area contributed by atoms with Crippen LogP contribution < -0.4 is 5.32 Å². The van der Waals surface area contributed by atoms with Gasteiger partial charge in [-0.1, -0.05) is 30.3 Å². The van der Waals surface area contributed by atoms with Crippen LogP contribution in [-0.2, 0) is 25.5 Å². The van der Waals surface area contributed by atoms with Crippen molar-refractivity contribution in [1.82, 2.24) is 15.1 Å². The molecule has 3 amide bonds. The van der Waals surface area contributed by atoms with E-state index in [0.29, 0.717) is 45.6 Å². The van der Waals surface area contributed by atoms with Gasteiger partial charge in [-0.2, -0.15) is 0 Å². The highest BCUT2D eigenvalue weighted by Crippen LogP contribution is 2.31. The number of aryl methyl sites for hydroxylation is 1. The van der Waals surface area contributed by atoms with E-state index >= 15 is 0 Å². The Morgan fingerprint density at radius 2 is 1.90 bits per heavy atom. The third-order valence-electron chi connectivity index (χ3n) is 6.86. The van der Waals surface area contributed by atoms with Crippen LogP contribution in [-0.4, -0.2) is 72.5 Å². The quantitative estimate of drug-likeness (QED) is 0.702. The summed E-state index contributed by atoms with van der Waals surface area (Å²) in [6.45, 7) is 3.52. The highest BCUT2D eigenvalue weighted by Gasteiger charge is 2.42. The van der Waals surface area contributed by atoms with Gasteiger partial charge in [-0.05, 0) is 37.7 Å². The number of ether oxygens (including phenoxy) is 1. The number of hydrogen-bond acceptors (Lipinski definition) is 4. The zero-order valence-electron chi connectivity index (χ0n) is 18.2. The normalized spacial score (nSPS) is 23.7. The molecule has 3 fully saturated rings. The lowest BCUT2D eigenvalue weighted by atomic mass is 9.89. The number of nitrogens with zero attached hydrogens (tertiary/aromatic N) is 2. The van der Waals surface area contributed by atoms with Crippen molar-refractivity contribution < 1.29 is 19.1 Å². The summed E-state index contributed by atoms with van der Waals surface area (Å²) in [6, 6.07) is 10.4. The molecule has 3 aliphatic heterocycles. The smallest absolute Gasteiger partial charge is 0.227 e. The molecule has 3 heterocycles. The summed E-state index contributed by atoms with van der Waals surface area (Å²) in [6.07, 6.45) is 5.25. The monoisotopic (exact) mass is 427 g/mol. The minimum absolute atomic E-state index is 0.0413. The fourth-order valence-corrected chi connectivity index (χ4v) is 4.95. The summed E-state index contributed by atoms with van der Waals surface area (Å²) in [5.41, 5.74) is 0.979. The number of carbonyl (C=O) groups is 3. The van der Waals surface area contributed by atoms with E-state index in [2.05, 4.69) is 29.6 Å². The molecule has 3 saturated heterocycles. The Labute approximate surface area is 184 Å². The van der Waals surface area contributed by atoms with Crippen molar-refractivity contribution in [2.45, 2.75) is 50.5 Å². The first kappa shape index (κ1) is 21.8. The van der Waals surface area contributed by atoms with E-state index in [0.717, 1.165) is 38.6 Å².